The van der Waals surface area contributed by atoms with E-state index in [2.05, 4.69) is 5.32 Å². The molecule has 0 saturated heterocycles. The SMILES string of the molecule is O=C1NC(c2ccccc2)=NC1(Cc1c(Cl)cccc1Cl)c1cccc(Cl)c1. The highest BCUT2D eigenvalue weighted by atomic mass is 35.5. The van der Waals surface area contributed by atoms with Crippen LogP contribution >= 0.6 is 34.8 Å². The van der Waals surface area contributed by atoms with Crippen molar-refractivity contribution in [3.05, 3.63) is 105 Å². The fourth-order valence-corrected chi connectivity index (χ4v) is 4.05. The lowest BCUT2D eigenvalue weighted by Crippen LogP contribution is -2.39. The third-order valence-electron chi connectivity index (χ3n) is 4.75. The zero-order valence-electron chi connectivity index (χ0n) is 14.6. The van der Waals surface area contributed by atoms with Crippen molar-refractivity contribution in [3.8, 4) is 0 Å². The quantitative estimate of drug-likeness (QED) is 0.571. The van der Waals surface area contributed by atoms with E-state index in [0.717, 1.165) is 5.56 Å². The highest BCUT2D eigenvalue weighted by molar-refractivity contribution is 6.36. The van der Waals surface area contributed by atoms with E-state index in [9.17, 15) is 4.79 Å². The van der Waals surface area contributed by atoms with E-state index in [1.165, 1.54) is 0 Å². The Morgan fingerprint density at radius 3 is 2.21 bits per heavy atom. The van der Waals surface area contributed by atoms with E-state index in [1.54, 1.807) is 36.4 Å². The van der Waals surface area contributed by atoms with Crippen molar-refractivity contribution in [2.24, 2.45) is 4.99 Å². The van der Waals surface area contributed by atoms with Crippen molar-refractivity contribution in [3.63, 3.8) is 0 Å². The molecular weight excluding hydrogens is 415 g/mol. The molecule has 140 valence electrons. The van der Waals surface area contributed by atoms with Crippen LogP contribution in [0.1, 0.15) is 16.7 Å². The van der Waals surface area contributed by atoms with E-state index in [0.29, 0.717) is 32.0 Å². The molecule has 0 bridgehead atoms. The average molecular weight is 430 g/mol. The van der Waals surface area contributed by atoms with Crippen LogP contribution in [0.25, 0.3) is 0 Å². The molecule has 1 heterocycles. The van der Waals surface area contributed by atoms with Crippen LogP contribution in [-0.2, 0) is 16.8 Å². The van der Waals surface area contributed by atoms with Gasteiger partial charge in [0.2, 0.25) is 0 Å². The van der Waals surface area contributed by atoms with Crippen LogP contribution in [0.15, 0.2) is 77.8 Å². The zero-order valence-corrected chi connectivity index (χ0v) is 16.9. The van der Waals surface area contributed by atoms with Gasteiger partial charge in [-0.05, 0) is 35.4 Å². The molecule has 6 heteroatoms. The molecule has 1 aliphatic rings. The molecule has 3 aromatic carbocycles. The highest BCUT2D eigenvalue weighted by Crippen LogP contribution is 2.39. The molecule has 1 atom stereocenters. The predicted octanol–water partition coefficient (Wildman–Crippen LogP) is 5.66. The summed E-state index contributed by atoms with van der Waals surface area (Å²) in [5.41, 5.74) is 0.952. The van der Waals surface area contributed by atoms with Gasteiger partial charge in [0.25, 0.3) is 5.91 Å². The van der Waals surface area contributed by atoms with Crippen molar-refractivity contribution in [1.29, 1.82) is 0 Å². The number of hydrogen-bond acceptors (Lipinski definition) is 2. The Balaban J connectivity index is 1.90. The second-order valence-corrected chi connectivity index (χ2v) is 7.78. The Hall–Kier alpha value is -2.33. The Morgan fingerprint density at radius 2 is 1.54 bits per heavy atom. The van der Waals surface area contributed by atoms with Crippen LogP contribution in [0.2, 0.25) is 15.1 Å². The Labute approximate surface area is 178 Å². The van der Waals surface area contributed by atoms with Crippen LogP contribution in [-0.4, -0.2) is 11.7 Å². The number of halogens is 3. The first-order chi connectivity index (χ1) is 13.5. The van der Waals surface area contributed by atoms with Crippen molar-refractivity contribution in [1.82, 2.24) is 5.32 Å². The summed E-state index contributed by atoms with van der Waals surface area (Å²) in [7, 11) is 0. The van der Waals surface area contributed by atoms with Crippen LogP contribution in [0.5, 0.6) is 0 Å². The third-order valence-corrected chi connectivity index (χ3v) is 5.70. The number of carbonyl (C=O) groups excluding carboxylic acids is 1. The standard InChI is InChI=1S/C22H15Cl3N2O/c23-16-9-4-8-15(12-16)22(13-17-18(24)10-5-11-19(17)25)21(28)26-20(27-22)14-6-2-1-3-7-14/h1-12H,13H2,(H,26,27,28). The molecule has 1 unspecified atom stereocenters. The number of benzene rings is 3. The Bertz CT molecular complexity index is 1060. The fourth-order valence-electron chi connectivity index (χ4n) is 3.33. The van der Waals surface area contributed by atoms with Crippen LogP contribution in [0.4, 0.5) is 0 Å². The summed E-state index contributed by atoms with van der Waals surface area (Å²) >= 11 is 19.0. The summed E-state index contributed by atoms with van der Waals surface area (Å²) < 4.78 is 0. The summed E-state index contributed by atoms with van der Waals surface area (Å²) in [6, 6.07) is 21.9. The summed E-state index contributed by atoms with van der Waals surface area (Å²) in [5.74, 6) is 0.262. The molecule has 1 aliphatic heterocycles. The average Bonchev–Trinajstić information content (AvgIpc) is 3.03. The minimum absolute atomic E-state index is 0.216. The molecule has 4 rings (SSSR count). The summed E-state index contributed by atoms with van der Waals surface area (Å²) in [6.45, 7) is 0. The first-order valence-corrected chi connectivity index (χ1v) is 9.79. The van der Waals surface area contributed by atoms with Crippen molar-refractivity contribution < 1.29 is 4.79 Å². The van der Waals surface area contributed by atoms with Gasteiger partial charge >= 0.3 is 0 Å². The summed E-state index contributed by atoms with van der Waals surface area (Å²) in [4.78, 5) is 18.1. The van der Waals surface area contributed by atoms with Gasteiger partial charge in [-0.25, -0.2) is 4.99 Å². The maximum atomic E-state index is 13.3. The zero-order chi connectivity index (χ0) is 19.7. The highest BCUT2D eigenvalue weighted by Gasteiger charge is 2.46. The molecular formula is C22H15Cl3N2O. The second kappa shape index (κ2) is 7.59. The molecule has 0 saturated carbocycles. The lowest BCUT2D eigenvalue weighted by atomic mass is 9.84. The lowest BCUT2D eigenvalue weighted by molar-refractivity contribution is -0.124. The monoisotopic (exact) mass is 428 g/mol. The van der Waals surface area contributed by atoms with E-state index < -0.39 is 5.54 Å². The van der Waals surface area contributed by atoms with Gasteiger partial charge in [0.15, 0.2) is 5.54 Å². The van der Waals surface area contributed by atoms with Crippen LogP contribution in [0, 0.1) is 0 Å². The van der Waals surface area contributed by atoms with E-state index >= 15 is 0 Å². The molecule has 0 aromatic heterocycles. The molecule has 0 fully saturated rings. The van der Waals surface area contributed by atoms with Gasteiger partial charge in [-0.1, -0.05) is 83.3 Å². The molecule has 1 N–H and O–H groups in total. The second-order valence-electron chi connectivity index (χ2n) is 6.53. The Kier molecular flexibility index (Phi) is 5.15. The number of carbonyl (C=O) groups is 1. The molecule has 28 heavy (non-hydrogen) atoms. The first kappa shape index (κ1) is 19.0. The molecule has 3 nitrogen and oxygen atoms in total. The maximum Gasteiger partial charge on any atom is 0.258 e. The predicted molar refractivity (Wildman–Crippen MR) is 114 cm³/mol. The molecule has 0 spiro atoms. The normalized spacial score (nSPS) is 18.7. The molecule has 1 amide bonds. The van der Waals surface area contributed by atoms with Gasteiger partial charge in [-0.15, -0.1) is 0 Å². The summed E-state index contributed by atoms with van der Waals surface area (Å²) in [6.07, 6.45) is 0.216. The Morgan fingerprint density at radius 1 is 0.857 bits per heavy atom. The maximum absolute atomic E-state index is 13.3. The molecule has 3 aromatic rings. The number of amides is 1. The number of nitrogens with zero attached hydrogens (tertiary/aromatic N) is 1. The number of hydrogen-bond donors (Lipinski definition) is 1. The fraction of sp³-hybridized carbons (Fsp3) is 0.0909. The van der Waals surface area contributed by atoms with Gasteiger partial charge in [0.1, 0.15) is 5.84 Å². The van der Waals surface area contributed by atoms with E-state index in [-0.39, 0.29) is 12.3 Å². The van der Waals surface area contributed by atoms with Crippen LogP contribution in [0.3, 0.4) is 0 Å². The minimum atomic E-state index is -1.22. The molecule has 0 aliphatic carbocycles. The van der Waals surface area contributed by atoms with Crippen molar-refractivity contribution >= 4 is 46.5 Å². The van der Waals surface area contributed by atoms with Crippen LogP contribution < -0.4 is 5.32 Å². The number of rotatable bonds is 4. The lowest BCUT2D eigenvalue weighted by Gasteiger charge is -2.25. The number of aliphatic imine (C=N–C) groups is 1. The first-order valence-electron chi connectivity index (χ1n) is 8.65. The third kappa shape index (κ3) is 3.42. The van der Waals surface area contributed by atoms with E-state index in [1.807, 2.05) is 36.4 Å². The topological polar surface area (TPSA) is 41.5 Å². The van der Waals surface area contributed by atoms with Gasteiger partial charge < -0.3 is 5.32 Å². The minimum Gasteiger partial charge on any atom is -0.308 e. The van der Waals surface area contributed by atoms with E-state index in [4.69, 9.17) is 39.8 Å². The van der Waals surface area contributed by atoms with Crippen molar-refractivity contribution in [2.75, 3.05) is 0 Å². The van der Waals surface area contributed by atoms with Gasteiger partial charge in [-0.3, -0.25) is 4.79 Å². The summed E-state index contributed by atoms with van der Waals surface area (Å²) in [5, 5.41) is 4.43. The smallest absolute Gasteiger partial charge is 0.258 e. The van der Waals surface area contributed by atoms with Gasteiger partial charge in [0.05, 0.1) is 0 Å². The number of nitrogens with one attached hydrogen (secondary N) is 1. The van der Waals surface area contributed by atoms with Gasteiger partial charge in [0, 0.05) is 27.1 Å². The van der Waals surface area contributed by atoms with Gasteiger partial charge in [-0.2, -0.15) is 0 Å². The largest absolute Gasteiger partial charge is 0.308 e. The number of amidine groups is 1. The van der Waals surface area contributed by atoms with Crippen molar-refractivity contribution in [2.45, 2.75) is 12.0 Å². The molecule has 0 radical (unpaired) electrons.